The summed E-state index contributed by atoms with van der Waals surface area (Å²) in [6.07, 6.45) is 0.508. The van der Waals surface area contributed by atoms with E-state index in [0.29, 0.717) is 12.2 Å². The molecule has 0 aliphatic rings. The molecular formula is C8H12N2O4. The quantitative estimate of drug-likeness (QED) is 0.680. The minimum atomic E-state index is -0.643. The first-order valence-corrected chi connectivity index (χ1v) is 4.22. The average molecular weight is 200 g/mol. The normalized spacial score (nSPS) is 10.1. The number of hydrogen-bond acceptors (Lipinski definition) is 5. The maximum absolute atomic E-state index is 11.0. The number of aliphatic hydroxyl groups is 1. The third-order valence-electron chi connectivity index (χ3n) is 1.63. The molecule has 1 heterocycles. The summed E-state index contributed by atoms with van der Waals surface area (Å²) in [5, 5.41) is 12.1. The van der Waals surface area contributed by atoms with E-state index in [-0.39, 0.29) is 24.7 Å². The van der Waals surface area contributed by atoms with Gasteiger partial charge in [-0.15, -0.1) is 0 Å². The summed E-state index contributed by atoms with van der Waals surface area (Å²) in [6, 6.07) is 0. The van der Waals surface area contributed by atoms with Crippen LogP contribution in [-0.4, -0.2) is 29.4 Å². The van der Waals surface area contributed by atoms with E-state index in [1.165, 1.54) is 0 Å². The maximum atomic E-state index is 11.0. The van der Waals surface area contributed by atoms with Gasteiger partial charge < -0.3 is 20.1 Å². The highest BCUT2D eigenvalue weighted by Gasteiger charge is 2.20. The van der Waals surface area contributed by atoms with Crippen molar-refractivity contribution in [2.75, 3.05) is 13.2 Å². The van der Waals surface area contributed by atoms with Crippen molar-refractivity contribution in [3.63, 3.8) is 0 Å². The molecule has 1 aromatic heterocycles. The zero-order chi connectivity index (χ0) is 10.6. The van der Waals surface area contributed by atoms with Crippen LogP contribution in [0.5, 0.6) is 5.88 Å². The Hall–Kier alpha value is -1.56. The lowest BCUT2D eigenvalue weighted by Crippen LogP contribution is -2.14. The molecule has 1 aromatic rings. The van der Waals surface area contributed by atoms with Crippen LogP contribution in [0.3, 0.4) is 0 Å². The van der Waals surface area contributed by atoms with Crippen LogP contribution in [0.15, 0.2) is 4.52 Å². The fraction of sp³-hybridized carbons (Fsp3) is 0.500. The molecule has 0 aromatic carbocycles. The molecule has 0 saturated carbocycles. The van der Waals surface area contributed by atoms with Crippen LogP contribution >= 0.6 is 0 Å². The second-order valence-electron chi connectivity index (χ2n) is 2.58. The molecule has 1 amide bonds. The third kappa shape index (κ3) is 2.02. The highest BCUT2D eigenvalue weighted by atomic mass is 16.5. The Balaban J connectivity index is 2.92. The summed E-state index contributed by atoms with van der Waals surface area (Å²) in [5.41, 5.74) is 5.28. The van der Waals surface area contributed by atoms with Crippen LogP contribution in [0.2, 0.25) is 0 Å². The molecule has 1 rings (SSSR count). The number of ether oxygens (including phenoxy) is 1. The molecule has 6 nitrogen and oxygen atoms in total. The van der Waals surface area contributed by atoms with Crippen molar-refractivity contribution in [2.24, 2.45) is 5.73 Å². The summed E-state index contributed by atoms with van der Waals surface area (Å²) in [4.78, 5) is 11.0. The number of nitrogens with zero attached hydrogens (tertiary/aromatic N) is 1. The van der Waals surface area contributed by atoms with Gasteiger partial charge >= 0.3 is 0 Å². The number of aryl methyl sites for hydroxylation is 1. The van der Waals surface area contributed by atoms with Crippen molar-refractivity contribution in [1.29, 1.82) is 0 Å². The van der Waals surface area contributed by atoms with E-state index in [1.807, 2.05) is 6.92 Å². The Morgan fingerprint density at radius 1 is 1.71 bits per heavy atom. The van der Waals surface area contributed by atoms with Crippen LogP contribution in [0.4, 0.5) is 0 Å². The Morgan fingerprint density at radius 2 is 2.43 bits per heavy atom. The van der Waals surface area contributed by atoms with Gasteiger partial charge in [0.1, 0.15) is 12.2 Å². The molecule has 0 radical (unpaired) electrons. The number of aliphatic hydroxyl groups excluding tert-OH is 1. The minimum Gasteiger partial charge on any atom is -0.472 e. The third-order valence-corrected chi connectivity index (χ3v) is 1.63. The van der Waals surface area contributed by atoms with Gasteiger partial charge in [0.05, 0.1) is 6.61 Å². The van der Waals surface area contributed by atoms with Gasteiger partial charge in [0.15, 0.2) is 5.76 Å². The van der Waals surface area contributed by atoms with Gasteiger partial charge in [0.25, 0.3) is 11.8 Å². The summed E-state index contributed by atoms with van der Waals surface area (Å²) in [6.45, 7) is 1.70. The van der Waals surface area contributed by atoms with Crippen molar-refractivity contribution in [3.05, 3.63) is 11.3 Å². The van der Waals surface area contributed by atoms with Gasteiger partial charge in [-0.1, -0.05) is 6.92 Å². The Morgan fingerprint density at radius 3 is 2.93 bits per heavy atom. The Bertz CT molecular complexity index is 321. The fourth-order valence-electron chi connectivity index (χ4n) is 1.03. The summed E-state index contributed by atoms with van der Waals surface area (Å²) in [7, 11) is 0. The lowest BCUT2D eigenvalue weighted by molar-refractivity contribution is 0.0993. The molecule has 0 aliphatic carbocycles. The Kier molecular flexibility index (Phi) is 3.47. The number of hydrogen-bond donors (Lipinski definition) is 2. The lowest BCUT2D eigenvalue weighted by Gasteiger charge is -2.00. The van der Waals surface area contributed by atoms with Crippen LogP contribution in [-0.2, 0) is 6.42 Å². The second-order valence-corrected chi connectivity index (χ2v) is 2.58. The molecule has 0 fully saturated rings. The van der Waals surface area contributed by atoms with E-state index in [2.05, 4.69) is 5.16 Å². The monoisotopic (exact) mass is 200 g/mol. The number of carbonyl (C=O) groups is 1. The van der Waals surface area contributed by atoms with Crippen molar-refractivity contribution in [1.82, 2.24) is 5.16 Å². The fourth-order valence-corrected chi connectivity index (χ4v) is 1.03. The van der Waals surface area contributed by atoms with Crippen LogP contribution in [0.25, 0.3) is 0 Å². The molecule has 0 aliphatic heterocycles. The first-order chi connectivity index (χ1) is 6.70. The number of aromatic nitrogens is 1. The highest BCUT2D eigenvalue weighted by molar-refractivity contribution is 5.96. The minimum absolute atomic E-state index is 0.0448. The number of amides is 1. The van der Waals surface area contributed by atoms with Crippen molar-refractivity contribution >= 4 is 5.91 Å². The molecule has 14 heavy (non-hydrogen) atoms. The van der Waals surface area contributed by atoms with Crippen molar-refractivity contribution < 1.29 is 19.2 Å². The molecule has 78 valence electrons. The summed E-state index contributed by atoms with van der Waals surface area (Å²) < 4.78 is 9.82. The smallest absolute Gasteiger partial charge is 0.267 e. The molecule has 0 atom stereocenters. The predicted octanol–water partition coefficient (Wildman–Crippen LogP) is -0.293. The average Bonchev–Trinajstić information content (AvgIpc) is 2.57. The van der Waals surface area contributed by atoms with Crippen LogP contribution in [0, 0.1) is 0 Å². The molecule has 0 saturated heterocycles. The number of nitrogens with two attached hydrogens (primary N) is 1. The predicted molar refractivity (Wildman–Crippen MR) is 47.0 cm³/mol. The molecule has 0 spiro atoms. The molecule has 6 heteroatoms. The topological polar surface area (TPSA) is 98.6 Å². The molecule has 3 N–H and O–H groups in total. The first-order valence-electron chi connectivity index (χ1n) is 4.22. The summed E-state index contributed by atoms with van der Waals surface area (Å²) in [5.74, 6) is -0.204. The summed E-state index contributed by atoms with van der Waals surface area (Å²) >= 11 is 0. The van der Waals surface area contributed by atoms with E-state index in [9.17, 15) is 4.79 Å². The maximum Gasteiger partial charge on any atom is 0.267 e. The van der Waals surface area contributed by atoms with E-state index < -0.39 is 5.91 Å². The van der Waals surface area contributed by atoms with E-state index in [1.54, 1.807) is 0 Å². The zero-order valence-corrected chi connectivity index (χ0v) is 7.82. The van der Waals surface area contributed by atoms with Gasteiger partial charge in [0, 0.05) is 6.42 Å². The SMILES string of the molecule is CCc1onc(OCCO)c1C(N)=O. The van der Waals surface area contributed by atoms with E-state index in [4.69, 9.17) is 20.1 Å². The van der Waals surface area contributed by atoms with Gasteiger partial charge in [-0.2, -0.15) is 0 Å². The largest absolute Gasteiger partial charge is 0.472 e. The molecule has 0 bridgehead atoms. The number of carbonyl (C=O) groups excluding carboxylic acids is 1. The standard InChI is InChI=1S/C8H12N2O4/c1-2-5-6(7(9)12)8(10-14-5)13-4-3-11/h11H,2-4H2,1H3,(H2,9,12). The zero-order valence-electron chi connectivity index (χ0n) is 7.82. The highest BCUT2D eigenvalue weighted by Crippen LogP contribution is 2.21. The second kappa shape index (κ2) is 4.61. The van der Waals surface area contributed by atoms with Crippen LogP contribution < -0.4 is 10.5 Å². The first kappa shape index (κ1) is 10.5. The van der Waals surface area contributed by atoms with Gasteiger partial charge in [-0.05, 0) is 5.16 Å². The number of rotatable bonds is 5. The van der Waals surface area contributed by atoms with Crippen molar-refractivity contribution in [2.45, 2.75) is 13.3 Å². The van der Waals surface area contributed by atoms with E-state index >= 15 is 0 Å². The Labute approximate surface area is 80.6 Å². The number of primary amides is 1. The molecular weight excluding hydrogens is 188 g/mol. The lowest BCUT2D eigenvalue weighted by atomic mass is 10.2. The van der Waals surface area contributed by atoms with Gasteiger partial charge in [-0.3, -0.25) is 4.79 Å². The van der Waals surface area contributed by atoms with Crippen LogP contribution in [0.1, 0.15) is 23.0 Å². The molecule has 0 unspecified atom stereocenters. The van der Waals surface area contributed by atoms with Crippen molar-refractivity contribution in [3.8, 4) is 5.88 Å². The van der Waals surface area contributed by atoms with Gasteiger partial charge in [0.2, 0.25) is 0 Å². The van der Waals surface area contributed by atoms with Gasteiger partial charge in [-0.25, -0.2) is 0 Å². The van der Waals surface area contributed by atoms with E-state index in [0.717, 1.165) is 0 Å².